The van der Waals surface area contributed by atoms with Gasteiger partial charge in [0, 0.05) is 13.1 Å². The molecule has 0 spiro atoms. The van der Waals surface area contributed by atoms with E-state index in [1.165, 1.54) is 6.39 Å². The lowest BCUT2D eigenvalue weighted by Crippen LogP contribution is -2.37. The number of nitrogens with zero attached hydrogens (tertiary/aromatic N) is 1. The molecule has 0 radical (unpaired) electrons. The molecule has 0 saturated heterocycles. The van der Waals surface area contributed by atoms with Crippen LogP contribution in [0, 0.1) is 5.41 Å². The quantitative estimate of drug-likeness (QED) is 0.846. The summed E-state index contributed by atoms with van der Waals surface area (Å²) in [6.07, 6.45) is 4.05. The molecule has 1 fully saturated rings. The molecule has 19 heavy (non-hydrogen) atoms. The average Bonchev–Trinajstić information content (AvgIpc) is 3.10. The van der Waals surface area contributed by atoms with Crippen LogP contribution in [-0.4, -0.2) is 24.0 Å². The minimum Gasteiger partial charge on any atom is -0.443 e. The molecular formula is C14H17N3O2. The molecule has 2 aromatic rings. The number of rotatable bonds is 5. The molecule has 1 aliphatic rings. The summed E-state index contributed by atoms with van der Waals surface area (Å²) in [7, 11) is 0. The largest absolute Gasteiger partial charge is 0.443 e. The highest BCUT2D eigenvalue weighted by Gasteiger charge is 2.48. The molecule has 1 aromatic heterocycles. The summed E-state index contributed by atoms with van der Waals surface area (Å²) < 4.78 is 5.25. The van der Waals surface area contributed by atoms with Crippen LogP contribution >= 0.6 is 0 Å². The average molecular weight is 259 g/mol. The van der Waals surface area contributed by atoms with Gasteiger partial charge in [0.15, 0.2) is 12.0 Å². The molecule has 1 aromatic carbocycles. The van der Waals surface area contributed by atoms with E-state index in [-0.39, 0.29) is 11.3 Å². The maximum Gasteiger partial charge on any atom is 0.227 e. The van der Waals surface area contributed by atoms with Gasteiger partial charge < -0.3 is 15.5 Å². The Balaban J connectivity index is 1.56. The van der Waals surface area contributed by atoms with Crippen molar-refractivity contribution in [2.45, 2.75) is 19.3 Å². The van der Waals surface area contributed by atoms with Gasteiger partial charge in [-0.05, 0) is 37.0 Å². The van der Waals surface area contributed by atoms with Gasteiger partial charge in [0.05, 0.1) is 5.41 Å². The fourth-order valence-corrected chi connectivity index (χ4v) is 2.24. The number of hydrogen-bond donors (Lipinski definition) is 2. The number of amides is 1. The third-order valence-corrected chi connectivity index (χ3v) is 3.82. The Morgan fingerprint density at radius 3 is 3.05 bits per heavy atom. The predicted molar refractivity (Wildman–Crippen MR) is 71.4 cm³/mol. The lowest BCUT2D eigenvalue weighted by atomic mass is 10.1. The molecule has 0 atom stereocenters. The van der Waals surface area contributed by atoms with E-state index < -0.39 is 0 Å². The first-order valence-corrected chi connectivity index (χ1v) is 6.54. The first kappa shape index (κ1) is 12.2. The molecule has 5 heteroatoms. The Kier molecular flexibility index (Phi) is 2.98. The number of nitrogens with one attached hydrogen (secondary N) is 1. The zero-order valence-corrected chi connectivity index (χ0v) is 10.7. The van der Waals surface area contributed by atoms with Crippen molar-refractivity contribution in [1.82, 2.24) is 10.3 Å². The smallest absolute Gasteiger partial charge is 0.227 e. The Labute approximate surface area is 111 Å². The Morgan fingerprint density at radius 1 is 1.47 bits per heavy atom. The van der Waals surface area contributed by atoms with E-state index >= 15 is 0 Å². The van der Waals surface area contributed by atoms with Gasteiger partial charge in [-0.1, -0.05) is 6.07 Å². The van der Waals surface area contributed by atoms with E-state index in [1.807, 2.05) is 18.2 Å². The fraction of sp³-hybridized carbons (Fsp3) is 0.429. The van der Waals surface area contributed by atoms with Crippen molar-refractivity contribution >= 4 is 17.0 Å². The van der Waals surface area contributed by atoms with Gasteiger partial charge in [0.25, 0.3) is 0 Å². The second-order valence-electron chi connectivity index (χ2n) is 5.14. The maximum absolute atomic E-state index is 11.9. The summed E-state index contributed by atoms with van der Waals surface area (Å²) in [4.78, 5) is 16.0. The number of aromatic nitrogens is 1. The van der Waals surface area contributed by atoms with Gasteiger partial charge in [0.1, 0.15) is 5.52 Å². The van der Waals surface area contributed by atoms with E-state index in [4.69, 9.17) is 10.2 Å². The monoisotopic (exact) mass is 259 g/mol. The summed E-state index contributed by atoms with van der Waals surface area (Å²) in [5.41, 5.74) is 8.12. The van der Waals surface area contributed by atoms with Crippen molar-refractivity contribution in [2.24, 2.45) is 11.1 Å². The van der Waals surface area contributed by atoms with Crippen LogP contribution in [0.5, 0.6) is 0 Å². The number of nitrogens with two attached hydrogens (primary N) is 1. The highest BCUT2D eigenvalue weighted by molar-refractivity contribution is 5.85. The van der Waals surface area contributed by atoms with Gasteiger partial charge >= 0.3 is 0 Å². The SMILES string of the molecule is NCC1(C(=O)NCCc2ccc3ncoc3c2)CC1. The number of benzene rings is 1. The van der Waals surface area contributed by atoms with Gasteiger partial charge in [-0.3, -0.25) is 4.79 Å². The normalized spacial score (nSPS) is 16.5. The molecule has 1 aliphatic carbocycles. The summed E-state index contributed by atoms with van der Waals surface area (Å²) in [5, 5.41) is 2.96. The van der Waals surface area contributed by atoms with E-state index in [1.54, 1.807) is 0 Å². The van der Waals surface area contributed by atoms with Gasteiger partial charge in [-0.15, -0.1) is 0 Å². The number of carbonyl (C=O) groups is 1. The van der Waals surface area contributed by atoms with Crippen LogP contribution in [0.3, 0.4) is 0 Å². The molecule has 5 nitrogen and oxygen atoms in total. The standard InChI is InChI=1S/C14H17N3O2/c15-8-14(4-5-14)13(18)16-6-3-10-1-2-11-12(7-10)19-9-17-11/h1-2,7,9H,3-6,8,15H2,(H,16,18). The molecule has 100 valence electrons. The molecule has 1 heterocycles. The van der Waals surface area contributed by atoms with Crippen LogP contribution < -0.4 is 11.1 Å². The number of hydrogen-bond acceptors (Lipinski definition) is 4. The zero-order valence-electron chi connectivity index (χ0n) is 10.7. The third kappa shape index (κ3) is 2.33. The topological polar surface area (TPSA) is 81.2 Å². The van der Waals surface area contributed by atoms with Crippen molar-refractivity contribution in [2.75, 3.05) is 13.1 Å². The van der Waals surface area contributed by atoms with Crippen molar-refractivity contribution in [1.29, 1.82) is 0 Å². The summed E-state index contributed by atoms with van der Waals surface area (Å²) >= 11 is 0. The lowest BCUT2D eigenvalue weighted by Gasteiger charge is -2.12. The molecule has 3 N–H and O–H groups in total. The molecule has 3 rings (SSSR count). The van der Waals surface area contributed by atoms with Gasteiger partial charge in [0.2, 0.25) is 5.91 Å². The van der Waals surface area contributed by atoms with Crippen molar-refractivity contribution < 1.29 is 9.21 Å². The molecular weight excluding hydrogens is 242 g/mol. The second-order valence-corrected chi connectivity index (χ2v) is 5.14. The van der Waals surface area contributed by atoms with Gasteiger partial charge in [-0.2, -0.15) is 0 Å². The van der Waals surface area contributed by atoms with Crippen molar-refractivity contribution in [3.63, 3.8) is 0 Å². The Hall–Kier alpha value is -1.88. The van der Waals surface area contributed by atoms with Crippen LogP contribution in [0.4, 0.5) is 0 Å². The molecule has 1 amide bonds. The first-order valence-electron chi connectivity index (χ1n) is 6.54. The summed E-state index contributed by atoms with van der Waals surface area (Å²) in [6, 6.07) is 5.90. The summed E-state index contributed by atoms with van der Waals surface area (Å²) in [5.74, 6) is 0.0933. The molecule has 0 aliphatic heterocycles. The zero-order chi connectivity index (χ0) is 13.3. The van der Waals surface area contributed by atoms with E-state index in [0.29, 0.717) is 13.1 Å². The lowest BCUT2D eigenvalue weighted by molar-refractivity contribution is -0.125. The highest BCUT2D eigenvalue weighted by atomic mass is 16.3. The third-order valence-electron chi connectivity index (χ3n) is 3.82. The minimum absolute atomic E-state index is 0.0933. The fourth-order valence-electron chi connectivity index (χ4n) is 2.24. The van der Waals surface area contributed by atoms with Crippen LogP contribution in [0.25, 0.3) is 11.1 Å². The summed E-state index contributed by atoms with van der Waals surface area (Å²) in [6.45, 7) is 1.07. The molecule has 0 unspecified atom stereocenters. The van der Waals surface area contributed by atoms with E-state index in [0.717, 1.165) is 35.9 Å². The van der Waals surface area contributed by atoms with Crippen molar-refractivity contribution in [3.05, 3.63) is 30.2 Å². The van der Waals surface area contributed by atoms with Crippen molar-refractivity contribution in [3.8, 4) is 0 Å². The first-order chi connectivity index (χ1) is 9.23. The predicted octanol–water partition coefficient (Wildman–Crippen LogP) is 1.23. The van der Waals surface area contributed by atoms with E-state index in [2.05, 4.69) is 10.3 Å². The van der Waals surface area contributed by atoms with Crippen LogP contribution in [-0.2, 0) is 11.2 Å². The molecule has 1 saturated carbocycles. The highest BCUT2D eigenvalue weighted by Crippen LogP contribution is 2.44. The number of carbonyl (C=O) groups excluding carboxylic acids is 1. The van der Waals surface area contributed by atoms with Gasteiger partial charge in [-0.25, -0.2) is 4.98 Å². The van der Waals surface area contributed by atoms with Crippen LogP contribution in [0.1, 0.15) is 18.4 Å². The van der Waals surface area contributed by atoms with Crippen LogP contribution in [0.2, 0.25) is 0 Å². The van der Waals surface area contributed by atoms with E-state index in [9.17, 15) is 4.79 Å². The van der Waals surface area contributed by atoms with Crippen LogP contribution in [0.15, 0.2) is 29.0 Å². The number of fused-ring (bicyclic) bond motifs is 1. The Morgan fingerprint density at radius 2 is 2.32 bits per heavy atom. The number of oxazole rings is 1. The Bertz CT molecular complexity index is 602. The maximum atomic E-state index is 11.9. The second kappa shape index (κ2) is 4.66. The molecule has 0 bridgehead atoms. The minimum atomic E-state index is -0.269.